The Hall–Kier alpha value is -2.29. The lowest BCUT2D eigenvalue weighted by Crippen LogP contribution is -2.45. The Bertz CT molecular complexity index is 908. The molecular formula is C19H21N5O2S. The molecule has 2 bridgehead atoms. The van der Waals surface area contributed by atoms with E-state index in [0.29, 0.717) is 37.9 Å². The van der Waals surface area contributed by atoms with Gasteiger partial charge in [0.25, 0.3) is 5.91 Å². The third-order valence-electron chi connectivity index (χ3n) is 5.34. The molecule has 2 aromatic heterocycles. The fraction of sp³-hybridized carbons (Fsp3) is 0.421. The van der Waals surface area contributed by atoms with Gasteiger partial charge < -0.3 is 9.64 Å². The molecule has 140 valence electrons. The molecule has 5 rings (SSSR count). The van der Waals surface area contributed by atoms with Crippen LogP contribution in [0.15, 0.2) is 36.5 Å². The summed E-state index contributed by atoms with van der Waals surface area (Å²) in [7, 11) is 0. The lowest BCUT2D eigenvalue weighted by Gasteiger charge is -2.30. The minimum atomic E-state index is -0.0515. The number of rotatable bonds is 3. The van der Waals surface area contributed by atoms with E-state index in [1.165, 1.54) is 21.2 Å². The van der Waals surface area contributed by atoms with E-state index in [-0.39, 0.29) is 11.9 Å². The van der Waals surface area contributed by atoms with Gasteiger partial charge in [-0.05, 0) is 17.5 Å². The van der Waals surface area contributed by atoms with Crippen LogP contribution < -0.4 is 0 Å². The average molecular weight is 383 g/mol. The zero-order valence-electron chi connectivity index (χ0n) is 14.9. The van der Waals surface area contributed by atoms with E-state index in [2.05, 4.69) is 50.6 Å². The molecule has 0 spiro atoms. The van der Waals surface area contributed by atoms with Crippen LogP contribution in [0, 0.1) is 5.92 Å². The van der Waals surface area contributed by atoms with Crippen molar-refractivity contribution in [2.75, 3.05) is 32.8 Å². The Morgan fingerprint density at radius 2 is 2.19 bits per heavy atom. The molecule has 2 fully saturated rings. The average Bonchev–Trinajstić information content (AvgIpc) is 3.24. The van der Waals surface area contributed by atoms with Gasteiger partial charge in [0, 0.05) is 41.7 Å². The standard InChI is InChI=1S/C19H21N5O2S/c25-19(17-6-20-22-21-17)24-8-13-7-23(15(9-24)12-26-11-13)10-16-5-14-3-1-2-4-18(14)27-16/h1-6,13,15H,7-12H2,(H,20,21,22)/t13-,15+/m1/s1. The number of aromatic nitrogens is 3. The maximum absolute atomic E-state index is 12.8. The van der Waals surface area contributed by atoms with Crippen molar-refractivity contribution in [3.8, 4) is 0 Å². The predicted octanol–water partition coefficient (Wildman–Crippen LogP) is 1.99. The molecule has 0 aliphatic carbocycles. The van der Waals surface area contributed by atoms with E-state index in [1.807, 2.05) is 16.2 Å². The largest absolute Gasteiger partial charge is 0.379 e. The van der Waals surface area contributed by atoms with E-state index < -0.39 is 0 Å². The normalized spacial score (nSPS) is 23.5. The molecule has 2 atom stereocenters. The first kappa shape index (κ1) is 16.9. The fourth-order valence-corrected chi connectivity index (χ4v) is 5.16. The Balaban J connectivity index is 1.37. The van der Waals surface area contributed by atoms with Gasteiger partial charge in [-0.1, -0.05) is 18.2 Å². The molecule has 7 nitrogen and oxygen atoms in total. The number of ether oxygens (including phenoxy) is 1. The van der Waals surface area contributed by atoms with E-state index in [1.54, 1.807) is 0 Å². The molecule has 8 heteroatoms. The van der Waals surface area contributed by atoms with Gasteiger partial charge in [-0.3, -0.25) is 9.69 Å². The maximum atomic E-state index is 12.8. The summed E-state index contributed by atoms with van der Waals surface area (Å²) < 4.78 is 7.22. The number of hydrogen-bond acceptors (Lipinski definition) is 6. The van der Waals surface area contributed by atoms with Gasteiger partial charge in [0.15, 0.2) is 5.69 Å². The van der Waals surface area contributed by atoms with Crippen LogP contribution >= 0.6 is 11.3 Å². The molecule has 1 N–H and O–H groups in total. The molecule has 2 aliphatic rings. The number of nitrogens with one attached hydrogen (secondary N) is 1. The SMILES string of the molecule is O=C(c1cn[nH]n1)N1C[C@@H]2COC[C@H](C1)N(Cc1cc3ccccc3s1)C2. The Labute approximate surface area is 160 Å². The number of benzene rings is 1. The van der Waals surface area contributed by atoms with Crippen LogP contribution in [0.3, 0.4) is 0 Å². The van der Waals surface area contributed by atoms with Gasteiger partial charge in [-0.25, -0.2) is 0 Å². The summed E-state index contributed by atoms with van der Waals surface area (Å²) in [5, 5.41) is 11.6. The molecule has 0 unspecified atom stereocenters. The summed E-state index contributed by atoms with van der Waals surface area (Å²) in [6, 6.07) is 11.0. The Morgan fingerprint density at radius 3 is 3.04 bits per heavy atom. The molecule has 0 saturated carbocycles. The highest BCUT2D eigenvalue weighted by molar-refractivity contribution is 7.19. The molecule has 3 aromatic rings. The molecule has 2 aliphatic heterocycles. The number of H-pyrrole nitrogens is 1. The van der Waals surface area contributed by atoms with E-state index in [9.17, 15) is 4.79 Å². The first-order valence-electron chi connectivity index (χ1n) is 9.20. The molecule has 1 amide bonds. The summed E-state index contributed by atoms with van der Waals surface area (Å²) in [5.74, 6) is 0.257. The lowest BCUT2D eigenvalue weighted by atomic mass is 10.1. The second-order valence-electron chi connectivity index (χ2n) is 7.30. The van der Waals surface area contributed by atoms with Crippen LogP contribution in [-0.2, 0) is 11.3 Å². The van der Waals surface area contributed by atoms with E-state index in [4.69, 9.17) is 4.74 Å². The summed E-state index contributed by atoms with van der Waals surface area (Å²) in [6.07, 6.45) is 1.49. The highest BCUT2D eigenvalue weighted by Crippen LogP contribution is 2.29. The zero-order chi connectivity index (χ0) is 18.2. The van der Waals surface area contributed by atoms with Crippen molar-refractivity contribution in [2.24, 2.45) is 5.92 Å². The van der Waals surface area contributed by atoms with Crippen LogP contribution in [0.25, 0.3) is 10.1 Å². The number of carbonyl (C=O) groups is 1. The number of amides is 1. The van der Waals surface area contributed by atoms with Crippen LogP contribution in [-0.4, -0.2) is 70.0 Å². The zero-order valence-corrected chi connectivity index (χ0v) is 15.7. The topological polar surface area (TPSA) is 74.3 Å². The second-order valence-corrected chi connectivity index (χ2v) is 8.47. The summed E-state index contributed by atoms with van der Waals surface area (Å²) in [5.41, 5.74) is 0.381. The number of nitrogens with zero attached hydrogens (tertiary/aromatic N) is 4. The maximum Gasteiger partial charge on any atom is 0.276 e. The van der Waals surface area contributed by atoms with Gasteiger partial charge >= 0.3 is 0 Å². The molecule has 0 radical (unpaired) electrons. The van der Waals surface area contributed by atoms with Crippen molar-refractivity contribution in [3.05, 3.63) is 47.1 Å². The smallest absolute Gasteiger partial charge is 0.276 e. The third-order valence-corrected chi connectivity index (χ3v) is 6.44. The molecular weight excluding hydrogens is 362 g/mol. The van der Waals surface area contributed by atoms with E-state index in [0.717, 1.165) is 13.1 Å². The van der Waals surface area contributed by atoms with Crippen molar-refractivity contribution in [1.29, 1.82) is 0 Å². The number of aromatic amines is 1. The number of thiophene rings is 1. The number of carbonyl (C=O) groups excluding carboxylic acids is 1. The Morgan fingerprint density at radius 1 is 1.26 bits per heavy atom. The fourth-order valence-electron chi connectivity index (χ4n) is 4.07. The van der Waals surface area contributed by atoms with E-state index >= 15 is 0 Å². The minimum Gasteiger partial charge on any atom is -0.379 e. The second kappa shape index (κ2) is 7.03. The molecule has 4 heterocycles. The first-order valence-corrected chi connectivity index (χ1v) is 10.0. The van der Waals surface area contributed by atoms with Crippen LogP contribution in [0.1, 0.15) is 15.4 Å². The van der Waals surface area contributed by atoms with Crippen molar-refractivity contribution >= 4 is 27.3 Å². The van der Waals surface area contributed by atoms with Crippen LogP contribution in [0.5, 0.6) is 0 Å². The molecule has 27 heavy (non-hydrogen) atoms. The highest BCUT2D eigenvalue weighted by Gasteiger charge is 2.36. The number of fused-ring (bicyclic) bond motifs is 4. The summed E-state index contributed by atoms with van der Waals surface area (Å²) in [6.45, 7) is 4.56. The highest BCUT2D eigenvalue weighted by atomic mass is 32.1. The van der Waals surface area contributed by atoms with Gasteiger partial charge in [-0.2, -0.15) is 15.4 Å². The number of hydrogen-bond donors (Lipinski definition) is 1. The first-order chi connectivity index (χ1) is 13.3. The third kappa shape index (κ3) is 3.36. The van der Waals surface area contributed by atoms with Gasteiger partial charge in [0.2, 0.25) is 0 Å². The lowest BCUT2D eigenvalue weighted by molar-refractivity contribution is 0.0403. The monoisotopic (exact) mass is 383 g/mol. The van der Waals surface area contributed by atoms with Crippen molar-refractivity contribution in [3.63, 3.8) is 0 Å². The summed E-state index contributed by atoms with van der Waals surface area (Å²) >= 11 is 1.85. The van der Waals surface area contributed by atoms with Crippen molar-refractivity contribution < 1.29 is 9.53 Å². The molecule has 1 aromatic carbocycles. The van der Waals surface area contributed by atoms with Crippen molar-refractivity contribution in [1.82, 2.24) is 25.2 Å². The van der Waals surface area contributed by atoms with Crippen LogP contribution in [0.4, 0.5) is 0 Å². The van der Waals surface area contributed by atoms with Gasteiger partial charge in [-0.15, -0.1) is 11.3 Å². The summed E-state index contributed by atoms with van der Waals surface area (Å²) in [4.78, 5) is 18.5. The quantitative estimate of drug-likeness (QED) is 0.749. The van der Waals surface area contributed by atoms with Crippen LogP contribution in [0.2, 0.25) is 0 Å². The predicted molar refractivity (Wildman–Crippen MR) is 103 cm³/mol. The molecule has 2 saturated heterocycles. The minimum absolute atomic E-state index is 0.0515. The van der Waals surface area contributed by atoms with Gasteiger partial charge in [0.05, 0.1) is 25.5 Å². The van der Waals surface area contributed by atoms with Gasteiger partial charge in [0.1, 0.15) is 0 Å². The van der Waals surface area contributed by atoms with Crippen molar-refractivity contribution in [2.45, 2.75) is 12.6 Å². The Kier molecular flexibility index (Phi) is 4.39.